The Hall–Kier alpha value is -1.89. The fourth-order valence-corrected chi connectivity index (χ4v) is 3.82. The fourth-order valence-electron chi connectivity index (χ4n) is 3.25. The van der Waals surface area contributed by atoms with Gasteiger partial charge in [0, 0.05) is 37.9 Å². The Morgan fingerprint density at radius 3 is 3.00 bits per heavy atom. The quantitative estimate of drug-likeness (QED) is 0.779. The monoisotopic (exact) mass is 345 g/mol. The molecule has 1 fully saturated rings. The standard InChI is InChI=1S/C17H23N5OS/c1-3-22-16(19-20-17(22)24-2)14-7-5-9-21(12-14)15(23)10-13-6-4-8-18-11-13/h4,6,8,11,14H,3,5,7,9-10,12H2,1-2H3/t14-/m1/s1. The van der Waals surface area contributed by atoms with Crippen molar-refractivity contribution in [1.82, 2.24) is 24.6 Å². The van der Waals surface area contributed by atoms with Crippen LogP contribution in [0.4, 0.5) is 0 Å². The Bertz CT molecular complexity index is 688. The first kappa shape index (κ1) is 17.0. The van der Waals surface area contributed by atoms with Crippen molar-refractivity contribution in [3.63, 3.8) is 0 Å². The lowest BCUT2D eigenvalue weighted by molar-refractivity contribution is -0.131. The predicted octanol–water partition coefficient (Wildman–Crippen LogP) is 2.36. The largest absolute Gasteiger partial charge is 0.342 e. The van der Waals surface area contributed by atoms with Crippen molar-refractivity contribution in [3.8, 4) is 0 Å². The van der Waals surface area contributed by atoms with Crippen LogP contribution in [-0.2, 0) is 17.8 Å². The second kappa shape index (κ2) is 7.79. The van der Waals surface area contributed by atoms with Crippen LogP contribution < -0.4 is 0 Å². The molecule has 2 aromatic rings. The molecule has 24 heavy (non-hydrogen) atoms. The molecule has 0 spiro atoms. The Kier molecular flexibility index (Phi) is 5.50. The van der Waals surface area contributed by atoms with E-state index in [1.165, 1.54) is 0 Å². The van der Waals surface area contributed by atoms with E-state index in [1.54, 1.807) is 24.2 Å². The van der Waals surface area contributed by atoms with Crippen LogP contribution in [0.1, 0.15) is 37.1 Å². The number of carbonyl (C=O) groups is 1. The van der Waals surface area contributed by atoms with E-state index >= 15 is 0 Å². The summed E-state index contributed by atoms with van der Waals surface area (Å²) in [4.78, 5) is 18.7. The molecule has 0 saturated carbocycles. The van der Waals surface area contributed by atoms with Gasteiger partial charge in [0.2, 0.25) is 5.91 Å². The van der Waals surface area contributed by atoms with Crippen LogP contribution in [0.5, 0.6) is 0 Å². The van der Waals surface area contributed by atoms with Crippen LogP contribution >= 0.6 is 11.8 Å². The number of amides is 1. The molecule has 3 rings (SSSR count). The minimum Gasteiger partial charge on any atom is -0.342 e. The molecule has 128 valence electrons. The molecule has 0 aromatic carbocycles. The Balaban J connectivity index is 1.70. The van der Waals surface area contributed by atoms with Gasteiger partial charge in [-0.2, -0.15) is 0 Å². The summed E-state index contributed by atoms with van der Waals surface area (Å²) < 4.78 is 2.17. The summed E-state index contributed by atoms with van der Waals surface area (Å²) in [6.07, 6.45) is 7.99. The van der Waals surface area contributed by atoms with Crippen molar-refractivity contribution in [2.24, 2.45) is 0 Å². The zero-order valence-electron chi connectivity index (χ0n) is 14.2. The smallest absolute Gasteiger partial charge is 0.227 e. The second-order valence-corrected chi connectivity index (χ2v) is 6.78. The third-order valence-electron chi connectivity index (χ3n) is 4.46. The summed E-state index contributed by atoms with van der Waals surface area (Å²) >= 11 is 1.62. The number of hydrogen-bond acceptors (Lipinski definition) is 5. The number of thioether (sulfide) groups is 1. The summed E-state index contributed by atoms with van der Waals surface area (Å²) in [5.41, 5.74) is 0.964. The van der Waals surface area contributed by atoms with Gasteiger partial charge in [-0.25, -0.2) is 0 Å². The zero-order chi connectivity index (χ0) is 16.9. The van der Waals surface area contributed by atoms with Crippen molar-refractivity contribution in [1.29, 1.82) is 0 Å². The minimum absolute atomic E-state index is 0.167. The highest BCUT2D eigenvalue weighted by atomic mass is 32.2. The van der Waals surface area contributed by atoms with Gasteiger partial charge in [-0.05, 0) is 37.7 Å². The summed E-state index contributed by atoms with van der Waals surface area (Å²) in [5, 5.41) is 9.64. The van der Waals surface area contributed by atoms with Gasteiger partial charge in [-0.15, -0.1) is 10.2 Å². The molecule has 1 amide bonds. The van der Waals surface area contributed by atoms with Crippen LogP contribution in [0.15, 0.2) is 29.7 Å². The molecule has 0 aliphatic carbocycles. The van der Waals surface area contributed by atoms with Crippen LogP contribution in [0.25, 0.3) is 0 Å². The minimum atomic E-state index is 0.167. The molecule has 3 heterocycles. The highest BCUT2D eigenvalue weighted by molar-refractivity contribution is 7.98. The Morgan fingerprint density at radius 1 is 1.42 bits per heavy atom. The van der Waals surface area contributed by atoms with Crippen molar-refractivity contribution in [2.45, 2.75) is 43.8 Å². The van der Waals surface area contributed by atoms with Gasteiger partial charge < -0.3 is 9.47 Å². The molecule has 1 aliphatic heterocycles. The summed E-state index contributed by atoms with van der Waals surface area (Å²) in [6.45, 7) is 4.52. The van der Waals surface area contributed by atoms with Gasteiger partial charge in [0.1, 0.15) is 5.82 Å². The molecule has 7 heteroatoms. The highest BCUT2D eigenvalue weighted by Gasteiger charge is 2.28. The SMILES string of the molecule is CCn1c(SC)nnc1[C@@H]1CCCN(C(=O)Cc2cccnc2)C1. The van der Waals surface area contributed by atoms with E-state index in [2.05, 4.69) is 26.7 Å². The van der Waals surface area contributed by atoms with Crippen LogP contribution in [0, 0.1) is 0 Å². The summed E-state index contributed by atoms with van der Waals surface area (Å²) in [5.74, 6) is 1.45. The van der Waals surface area contributed by atoms with E-state index in [1.807, 2.05) is 23.3 Å². The van der Waals surface area contributed by atoms with E-state index in [-0.39, 0.29) is 11.8 Å². The molecule has 1 atom stereocenters. The summed E-state index contributed by atoms with van der Waals surface area (Å²) in [7, 11) is 0. The first-order chi connectivity index (χ1) is 11.7. The molecule has 2 aromatic heterocycles. The average molecular weight is 345 g/mol. The molecular weight excluding hydrogens is 322 g/mol. The van der Waals surface area contributed by atoms with Crippen LogP contribution in [0.3, 0.4) is 0 Å². The normalized spacial score (nSPS) is 17.9. The van der Waals surface area contributed by atoms with Crippen LogP contribution in [-0.4, -0.2) is 49.9 Å². The van der Waals surface area contributed by atoms with Gasteiger partial charge in [0.05, 0.1) is 6.42 Å². The van der Waals surface area contributed by atoms with Crippen LogP contribution in [0.2, 0.25) is 0 Å². The molecule has 1 aliphatic rings. The fraction of sp³-hybridized carbons (Fsp3) is 0.529. The first-order valence-corrected chi connectivity index (χ1v) is 9.59. The van der Waals surface area contributed by atoms with Gasteiger partial charge in [-0.3, -0.25) is 9.78 Å². The van der Waals surface area contributed by atoms with Gasteiger partial charge in [-0.1, -0.05) is 17.8 Å². The molecule has 0 radical (unpaired) electrons. The molecule has 0 bridgehead atoms. The van der Waals surface area contributed by atoms with E-state index < -0.39 is 0 Å². The van der Waals surface area contributed by atoms with Crippen molar-refractivity contribution >= 4 is 17.7 Å². The lowest BCUT2D eigenvalue weighted by atomic mass is 9.96. The lowest BCUT2D eigenvalue weighted by Crippen LogP contribution is -2.40. The number of piperidine rings is 1. The van der Waals surface area contributed by atoms with E-state index in [9.17, 15) is 4.79 Å². The maximum atomic E-state index is 12.6. The average Bonchev–Trinajstić information content (AvgIpc) is 3.05. The van der Waals surface area contributed by atoms with Crippen molar-refractivity contribution in [3.05, 3.63) is 35.9 Å². The molecule has 1 saturated heterocycles. The third-order valence-corrected chi connectivity index (χ3v) is 5.13. The number of aromatic nitrogens is 4. The molecular formula is C17H23N5OS. The Morgan fingerprint density at radius 2 is 2.29 bits per heavy atom. The third kappa shape index (κ3) is 3.61. The molecule has 0 unspecified atom stereocenters. The second-order valence-electron chi connectivity index (χ2n) is 6.01. The molecule has 0 N–H and O–H groups in total. The topological polar surface area (TPSA) is 63.9 Å². The van der Waals surface area contributed by atoms with E-state index in [0.29, 0.717) is 6.42 Å². The van der Waals surface area contributed by atoms with Gasteiger partial charge in [0.15, 0.2) is 5.16 Å². The van der Waals surface area contributed by atoms with E-state index in [0.717, 1.165) is 49.0 Å². The van der Waals surface area contributed by atoms with Crippen molar-refractivity contribution in [2.75, 3.05) is 19.3 Å². The number of rotatable bonds is 5. The maximum Gasteiger partial charge on any atom is 0.227 e. The first-order valence-electron chi connectivity index (χ1n) is 8.36. The van der Waals surface area contributed by atoms with Crippen molar-refractivity contribution < 1.29 is 4.79 Å². The number of pyridine rings is 1. The van der Waals surface area contributed by atoms with Gasteiger partial charge in [0.25, 0.3) is 0 Å². The number of carbonyl (C=O) groups excluding carboxylic acids is 1. The highest BCUT2D eigenvalue weighted by Crippen LogP contribution is 2.28. The molecule has 6 nitrogen and oxygen atoms in total. The zero-order valence-corrected chi connectivity index (χ0v) is 15.0. The lowest BCUT2D eigenvalue weighted by Gasteiger charge is -2.32. The number of nitrogens with zero attached hydrogens (tertiary/aromatic N) is 5. The van der Waals surface area contributed by atoms with E-state index in [4.69, 9.17) is 0 Å². The number of hydrogen-bond donors (Lipinski definition) is 0. The summed E-state index contributed by atoms with van der Waals surface area (Å²) in [6, 6.07) is 3.82. The number of likely N-dealkylation sites (tertiary alicyclic amines) is 1. The maximum absolute atomic E-state index is 12.6. The van der Waals surface area contributed by atoms with Gasteiger partial charge >= 0.3 is 0 Å². The predicted molar refractivity (Wildman–Crippen MR) is 94.0 cm³/mol. The Labute approximate surface area is 146 Å².